The molecule has 0 amide bonds. The molecule has 1 fully saturated rings. The Morgan fingerprint density at radius 1 is 1.35 bits per heavy atom. The Hall–Kier alpha value is -0.830. The molecule has 1 aromatic heterocycles. The van der Waals surface area contributed by atoms with Crippen LogP contribution in [0.2, 0.25) is 0 Å². The van der Waals surface area contributed by atoms with Crippen molar-refractivity contribution >= 4 is 0 Å². The van der Waals surface area contributed by atoms with Gasteiger partial charge in [-0.25, -0.2) is 0 Å². The first kappa shape index (κ1) is 14.2. The summed E-state index contributed by atoms with van der Waals surface area (Å²) in [5.41, 5.74) is 2.76. The molecule has 3 heteroatoms. The normalized spacial score (nSPS) is 16.5. The maximum atomic E-state index is 5.39. The fraction of sp³-hybridized carbons (Fsp3) is 0.786. The van der Waals surface area contributed by atoms with Gasteiger partial charge in [0, 0.05) is 18.9 Å². The van der Waals surface area contributed by atoms with Gasteiger partial charge in [0.25, 0.3) is 0 Å². The third kappa shape index (κ3) is 3.56. The molecule has 3 nitrogen and oxygen atoms in total. The highest BCUT2D eigenvalue weighted by atomic mass is 16.5. The van der Waals surface area contributed by atoms with Crippen molar-refractivity contribution in [1.29, 1.82) is 0 Å². The van der Waals surface area contributed by atoms with Crippen LogP contribution in [-0.2, 0) is 11.2 Å². The predicted molar refractivity (Wildman–Crippen MR) is 71.4 cm³/mol. The van der Waals surface area contributed by atoms with Gasteiger partial charge in [0.15, 0.2) is 0 Å². The summed E-state index contributed by atoms with van der Waals surface area (Å²) in [4.78, 5) is 0. The molecule has 1 saturated heterocycles. The number of aromatic nitrogens is 2. The Balaban J connectivity index is 0.000000686. The SMILES string of the molecule is CC.CCCc1c(C)cnn1C1CCOCC1. The van der Waals surface area contributed by atoms with Gasteiger partial charge < -0.3 is 4.74 Å². The molecule has 98 valence electrons. The minimum absolute atomic E-state index is 0.564. The first-order valence-corrected chi connectivity index (χ1v) is 6.93. The highest BCUT2D eigenvalue weighted by Gasteiger charge is 2.19. The van der Waals surface area contributed by atoms with Gasteiger partial charge in [-0.05, 0) is 31.7 Å². The second-order valence-corrected chi connectivity index (χ2v) is 4.31. The van der Waals surface area contributed by atoms with E-state index in [4.69, 9.17) is 4.74 Å². The van der Waals surface area contributed by atoms with E-state index in [-0.39, 0.29) is 0 Å². The van der Waals surface area contributed by atoms with Crippen molar-refractivity contribution in [3.8, 4) is 0 Å². The molecule has 0 spiro atoms. The zero-order valence-electron chi connectivity index (χ0n) is 11.7. The number of hydrogen-bond acceptors (Lipinski definition) is 2. The molecule has 0 atom stereocenters. The van der Waals surface area contributed by atoms with Crippen molar-refractivity contribution in [2.75, 3.05) is 13.2 Å². The van der Waals surface area contributed by atoms with Gasteiger partial charge in [-0.2, -0.15) is 5.10 Å². The second-order valence-electron chi connectivity index (χ2n) is 4.31. The van der Waals surface area contributed by atoms with E-state index in [1.54, 1.807) is 0 Å². The number of aryl methyl sites for hydroxylation is 1. The average Bonchev–Trinajstić information content (AvgIpc) is 2.75. The highest BCUT2D eigenvalue weighted by molar-refractivity contribution is 5.16. The van der Waals surface area contributed by atoms with Crippen LogP contribution in [0.5, 0.6) is 0 Å². The topological polar surface area (TPSA) is 27.1 Å². The molecule has 0 bridgehead atoms. The zero-order chi connectivity index (χ0) is 12.7. The summed E-state index contributed by atoms with van der Waals surface area (Å²) in [7, 11) is 0. The van der Waals surface area contributed by atoms with Crippen LogP contribution in [0.25, 0.3) is 0 Å². The predicted octanol–water partition coefficient (Wildman–Crippen LogP) is 3.52. The highest BCUT2D eigenvalue weighted by Crippen LogP contribution is 2.23. The number of ether oxygens (including phenoxy) is 1. The van der Waals surface area contributed by atoms with Gasteiger partial charge in [-0.1, -0.05) is 27.2 Å². The van der Waals surface area contributed by atoms with Crippen LogP contribution in [0.1, 0.15) is 57.3 Å². The molecule has 0 unspecified atom stereocenters. The molecule has 1 aliphatic rings. The van der Waals surface area contributed by atoms with E-state index in [0.29, 0.717) is 6.04 Å². The van der Waals surface area contributed by atoms with Crippen LogP contribution >= 0.6 is 0 Å². The van der Waals surface area contributed by atoms with Gasteiger partial charge >= 0.3 is 0 Å². The van der Waals surface area contributed by atoms with Crippen LogP contribution in [-0.4, -0.2) is 23.0 Å². The van der Waals surface area contributed by atoms with E-state index in [1.165, 1.54) is 17.7 Å². The molecule has 1 aliphatic heterocycles. The lowest BCUT2D eigenvalue weighted by atomic mass is 10.1. The molecular weight excluding hydrogens is 212 g/mol. The van der Waals surface area contributed by atoms with Gasteiger partial charge in [0.05, 0.1) is 12.2 Å². The molecular formula is C14H26N2O. The molecule has 0 N–H and O–H groups in total. The van der Waals surface area contributed by atoms with Crippen molar-refractivity contribution in [2.45, 2.75) is 59.4 Å². The molecule has 0 aliphatic carbocycles. The van der Waals surface area contributed by atoms with E-state index in [2.05, 4.69) is 23.6 Å². The molecule has 0 aromatic carbocycles. The number of nitrogens with zero attached hydrogens (tertiary/aromatic N) is 2. The summed E-state index contributed by atoms with van der Waals surface area (Å²) >= 11 is 0. The van der Waals surface area contributed by atoms with Crippen LogP contribution in [0.4, 0.5) is 0 Å². The van der Waals surface area contributed by atoms with Crippen molar-refractivity contribution in [2.24, 2.45) is 0 Å². The quantitative estimate of drug-likeness (QED) is 0.805. The number of rotatable bonds is 3. The van der Waals surface area contributed by atoms with Crippen molar-refractivity contribution in [3.63, 3.8) is 0 Å². The largest absolute Gasteiger partial charge is 0.381 e. The summed E-state index contributed by atoms with van der Waals surface area (Å²) < 4.78 is 7.62. The Labute approximate surface area is 105 Å². The zero-order valence-corrected chi connectivity index (χ0v) is 11.7. The van der Waals surface area contributed by atoms with Gasteiger partial charge in [0.1, 0.15) is 0 Å². The average molecular weight is 238 g/mol. The van der Waals surface area contributed by atoms with Crippen LogP contribution < -0.4 is 0 Å². The molecule has 2 heterocycles. The maximum Gasteiger partial charge on any atom is 0.0566 e. The molecule has 17 heavy (non-hydrogen) atoms. The van der Waals surface area contributed by atoms with Gasteiger partial charge in [0.2, 0.25) is 0 Å². The lowest BCUT2D eigenvalue weighted by molar-refractivity contribution is 0.0654. The standard InChI is InChI=1S/C12H20N2O.C2H6/c1-3-4-12-10(2)9-13-14(12)11-5-7-15-8-6-11;1-2/h9,11H,3-8H2,1-2H3;1-2H3. The number of hydrogen-bond donors (Lipinski definition) is 0. The second kappa shape index (κ2) is 7.49. The first-order valence-electron chi connectivity index (χ1n) is 6.93. The smallest absolute Gasteiger partial charge is 0.0566 e. The van der Waals surface area contributed by atoms with E-state index in [1.807, 2.05) is 20.0 Å². The lowest BCUT2D eigenvalue weighted by Gasteiger charge is -2.24. The molecule has 0 saturated carbocycles. The van der Waals surface area contributed by atoms with Gasteiger partial charge in [-0.15, -0.1) is 0 Å². The lowest BCUT2D eigenvalue weighted by Crippen LogP contribution is -2.22. The van der Waals surface area contributed by atoms with Crippen LogP contribution in [0, 0.1) is 6.92 Å². The fourth-order valence-electron chi connectivity index (χ4n) is 2.27. The fourth-order valence-corrected chi connectivity index (χ4v) is 2.27. The van der Waals surface area contributed by atoms with E-state index in [9.17, 15) is 0 Å². The Bertz CT molecular complexity index is 314. The maximum absolute atomic E-state index is 5.39. The summed E-state index contributed by atoms with van der Waals surface area (Å²) in [5.74, 6) is 0. The first-order chi connectivity index (χ1) is 8.33. The Kier molecular flexibility index (Phi) is 6.27. The summed E-state index contributed by atoms with van der Waals surface area (Å²) in [6.07, 6.45) is 6.55. The molecule has 2 rings (SSSR count). The third-order valence-corrected chi connectivity index (χ3v) is 3.13. The van der Waals surface area contributed by atoms with Gasteiger partial charge in [-0.3, -0.25) is 4.68 Å². The van der Waals surface area contributed by atoms with E-state index >= 15 is 0 Å². The summed E-state index contributed by atoms with van der Waals surface area (Å²) in [5, 5.41) is 4.52. The molecule has 1 aromatic rings. The third-order valence-electron chi connectivity index (χ3n) is 3.13. The summed E-state index contributed by atoms with van der Waals surface area (Å²) in [6.45, 7) is 10.2. The van der Waals surface area contributed by atoms with Crippen molar-refractivity contribution in [3.05, 3.63) is 17.5 Å². The molecule has 0 radical (unpaired) electrons. The monoisotopic (exact) mass is 238 g/mol. The summed E-state index contributed by atoms with van der Waals surface area (Å²) in [6, 6.07) is 0.564. The van der Waals surface area contributed by atoms with Crippen LogP contribution in [0.3, 0.4) is 0 Å². The van der Waals surface area contributed by atoms with Crippen LogP contribution in [0.15, 0.2) is 6.20 Å². The Morgan fingerprint density at radius 2 is 2.00 bits per heavy atom. The van der Waals surface area contributed by atoms with Crippen molar-refractivity contribution in [1.82, 2.24) is 9.78 Å². The van der Waals surface area contributed by atoms with Crippen molar-refractivity contribution < 1.29 is 4.74 Å². The Morgan fingerprint density at radius 3 is 2.59 bits per heavy atom. The minimum Gasteiger partial charge on any atom is -0.381 e. The van der Waals surface area contributed by atoms with E-state index < -0.39 is 0 Å². The van der Waals surface area contributed by atoms with E-state index in [0.717, 1.165) is 32.5 Å². The minimum atomic E-state index is 0.564.